The van der Waals surface area contributed by atoms with Gasteiger partial charge in [0.2, 0.25) is 0 Å². The van der Waals surface area contributed by atoms with Gasteiger partial charge in [0, 0.05) is 26.2 Å². The summed E-state index contributed by atoms with van der Waals surface area (Å²) in [6, 6.07) is 0. The van der Waals surface area contributed by atoms with Crippen LogP contribution >= 0.6 is 0 Å². The van der Waals surface area contributed by atoms with Gasteiger partial charge in [0.15, 0.2) is 12.6 Å². The number of methoxy groups -OCH3 is 2. The topological polar surface area (TPSA) is 54.0 Å². The van der Waals surface area contributed by atoms with Crippen molar-refractivity contribution in [1.82, 2.24) is 0 Å². The lowest BCUT2D eigenvalue weighted by Crippen LogP contribution is -2.40. The van der Waals surface area contributed by atoms with Crippen LogP contribution in [0.15, 0.2) is 22.8 Å². The lowest BCUT2D eigenvalue weighted by molar-refractivity contribution is -0.208. The van der Waals surface area contributed by atoms with E-state index < -0.39 is 12.6 Å². The second-order valence-corrected chi connectivity index (χ2v) is 3.79. The van der Waals surface area contributed by atoms with Crippen LogP contribution in [0.3, 0.4) is 0 Å². The molecule has 2 rings (SSSR count). The van der Waals surface area contributed by atoms with E-state index in [-0.39, 0.29) is 5.97 Å². The Hall–Kier alpha value is -1.17. The summed E-state index contributed by atoms with van der Waals surface area (Å²) in [7, 11) is 3.05. The molecule has 0 saturated heterocycles. The number of carbonyl (C=O) groups is 1. The highest BCUT2D eigenvalue weighted by Gasteiger charge is 2.39. The van der Waals surface area contributed by atoms with Crippen LogP contribution in [0.2, 0.25) is 0 Å². The van der Waals surface area contributed by atoms with Crippen molar-refractivity contribution >= 4 is 5.97 Å². The number of ether oxygens (including phenoxy) is 4. The molecule has 0 amide bonds. The standard InChI is InChI=1S/C12H16O5/c1-4-7-8-5-6-16-10(13)9(8)12(15-3)17-11(7)14-2/h4,11-12H,5-6H2,1-3H3. The van der Waals surface area contributed by atoms with Crippen LogP contribution in [-0.4, -0.2) is 39.4 Å². The third-order valence-electron chi connectivity index (χ3n) is 2.95. The molecule has 0 aromatic heterocycles. The van der Waals surface area contributed by atoms with Crippen molar-refractivity contribution in [1.29, 1.82) is 0 Å². The summed E-state index contributed by atoms with van der Waals surface area (Å²) >= 11 is 0. The van der Waals surface area contributed by atoms with Gasteiger partial charge in [-0.25, -0.2) is 4.79 Å². The predicted octanol–water partition coefficient (Wildman–Crippen LogP) is 1.15. The van der Waals surface area contributed by atoms with Gasteiger partial charge in [0.25, 0.3) is 0 Å². The molecule has 17 heavy (non-hydrogen) atoms. The zero-order valence-electron chi connectivity index (χ0n) is 10.2. The van der Waals surface area contributed by atoms with Crippen molar-refractivity contribution in [3.8, 4) is 0 Å². The third-order valence-corrected chi connectivity index (χ3v) is 2.95. The first kappa shape index (κ1) is 12.3. The number of allylic oxidation sites excluding steroid dienone is 1. The van der Waals surface area contributed by atoms with E-state index in [1.54, 1.807) is 7.11 Å². The molecule has 5 nitrogen and oxygen atoms in total. The Morgan fingerprint density at radius 1 is 1.29 bits per heavy atom. The summed E-state index contributed by atoms with van der Waals surface area (Å²) in [5.74, 6) is -0.369. The molecular weight excluding hydrogens is 224 g/mol. The lowest BCUT2D eigenvalue weighted by Gasteiger charge is -2.35. The van der Waals surface area contributed by atoms with Gasteiger partial charge in [-0.1, -0.05) is 6.08 Å². The van der Waals surface area contributed by atoms with E-state index >= 15 is 0 Å². The molecule has 0 aliphatic carbocycles. The first-order valence-corrected chi connectivity index (χ1v) is 5.50. The Kier molecular flexibility index (Phi) is 3.61. The molecule has 2 aliphatic heterocycles. The van der Waals surface area contributed by atoms with Crippen LogP contribution in [0.1, 0.15) is 13.3 Å². The quantitative estimate of drug-likeness (QED) is 0.678. The Bertz CT molecular complexity index is 382. The second-order valence-electron chi connectivity index (χ2n) is 3.79. The van der Waals surface area contributed by atoms with Crippen molar-refractivity contribution in [2.75, 3.05) is 20.8 Å². The summed E-state index contributed by atoms with van der Waals surface area (Å²) in [5.41, 5.74) is 2.27. The van der Waals surface area contributed by atoms with Crippen molar-refractivity contribution in [3.63, 3.8) is 0 Å². The fourth-order valence-corrected chi connectivity index (χ4v) is 2.18. The molecule has 0 fully saturated rings. The minimum atomic E-state index is -0.716. The van der Waals surface area contributed by atoms with Crippen LogP contribution in [-0.2, 0) is 23.7 Å². The molecule has 2 aliphatic rings. The summed E-state index contributed by atoms with van der Waals surface area (Å²) < 4.78 is 21.0. The van der Waals surface area contributed by atoms with E-state index in [0.717, 1.165) is 11.1 Å². The zero-order chi connectivity index (χ0) is 12.4. The van der Waals surface area contributed by atoms with Crippen LogP contribution in [0, 0.1) is 0 Å². The van der Waals surface area contributed by atoms with Gasteiger partial charge < -0.3 is 18.9 Å². The molecule has 0 aromatic rings. The Morgan fingerprint density at radius 3 is 2.59 bits per heavy atom. The molecule has 94 valence electrons. The summed E-state index contributed by atoms with van der Waals surface area (Å²) in [5, 5.41) is 0. The van der Waals surface area contributed by atoms with E-state index in [4.69, 9.17) is 18.9 Å². The Labute approximate surface area is 100.0 Å². The van der Waals surface area contributed by atoms with Gasteiger partial charge in [0.05, 0.1) is 12.2 Å². The molecule has 2 unspecified atom stereocenters. The summed E-state index contributed by atoms with van der Waals surface area (Å²) in [6.07, 6.45) is 1.36. The summed E-state index contributed by atoms with van der Waals surface area (Å²) in [6.45, 7) is 2.28. The second kappa shape index (κ2) is 5.00. The van der Waals surface area contributed by atoms with Gasteiger partial charge >= 0.3 is 5.97 Å². The van der Waals surface area contributed by atoms with Gasteiger partial charge in [-0.3, -0.25) is 0 Å². The normalized spacial score (nSPS) is 31.5. The largest absolute Gasteiger partial charge is 0.462 e. The molecule has 0 radical (unpaired) electrons. The highest BCUT2D eigenvalue weighted by Crippen LogP contribution is 2.36. The molecule has 2 atom stereocenters. The van der Waals surface area contributed by atoms with E-state index in [1.165, 1.54) is 7.11 Å². The van der Waals surface area contributed by atoms with Crippen LogP contribution in [0.25, 0.3) is 0 Å². The van der Waals surface area contributed by atoms with Crippen LogP contribution in [0.4, 0.5) is 0 Å². The summed E-state index contributed by atoms with van der Waals surface area (Å²) in [4.78, 5) is 11.7. The average Bonchev–Trinajstić information content (AvgIpc) is 2.36. The van der Waals surface area contributed by atoms with Crippen molar-refractivity contribution in [2.45, 2.75) is 25.9 Å². The third kappa shape index (κ3) is 2.01. The van der Waals surface area contributed by atoms with Crippen LogP contribution < -0.4 is 0 Å². The number of hydrogen-bond acceptors (Lipinski definition) is 5. The van der Waals surface area contributed by atoms with Crippen molar-refractivity contribution < 1.29 is 23.7 Å². The Morgan fingerprint density at radius 2 is 2.00 bits per heavy atom. The lowest BCUT2D eigenvalue weighted by atomic mass is 9.92. The number of cyclic esters (lactones) is 1. The van der Waals surface area contributed by atoms with E-state index in [9.17, 15) is 4.79 Å². The molecule has 0 spiro atoms. The highest BCUT2D eigenvalue weighted by atomic mass is 16.8. The van der Waals surface area contributed by atoms with E-state index in [1.807, 2.05) is 13.0 Å². The molecule has 5 heteroatoms. The smallest absolute Gasteiger partial charge is 0.339 e. The fraction of sp³-hybridized carbons (Fsp3) is 0.583. The molecule has 2 heterocycles. The van der Waals surface area contributed by atoms with Crippen molar-refractivity contribution in [3.05, 3.63) is 22.8 Å². The van der Waals surface area contributed by atoms with Crippen LogP contribution in [0.5, 0.6) is 0 Å². The van der Waals surface area contributed by atoms with E-state index in [0.29, 0.717) is 18.6 Å². The highest BCUT2D eigenvalue weighted by molar-refractivity contribution is 5.92. The molecule has 0 saturated carbocycles. The SMILES string of the molecule is CC=C1C2=C(C(=O)OCC2)C(OC)OC1OC. The maximum atomic E-state index is 11.7. The number of rotatable bonds is 2. The maximum absolute atomic E-state index is 11.7. The average molecular weight is 240 g/mol. The fourth-order valence-electron chi connectivity index (χ4n) is 2.18. The first-order valence-electron chi connectivity index (χ1n) is 5.50. The van der Waals surface area contributed by atoms with Gasteiger partial charge in [-0.15, -0.1) is 0 Å². The molecule has 0 bridgehead atoms. The zero-order valence-corrected chi connectivity index (χ0v) is 10.2. The molecule has 0 aromatic carbocycles. The predicted molar refractivity (Wildman–Crippen MR) is 59.0 cm³/mol. The van der Waals surface area contributed by atoms with Crippen molar-refractivity contribution in [2.24, 2.45) is 0 Å². The minimum absolute atomic E-state index is 0.369. The Balaban J connectivity index is 2.48. The maximum Gasteiger partial charge on any atom is 0.339 e. The number of esters is 1. The molecule has 0 N–H and O–H groups in total. The number of carbonyl (C=O) groups excluding carboxylic acids is 1. The van der Waals surface area contributed by atoms with Gasteiger partial charge in [-0.2, -0.15) is 0 Å². The number of hydrogen-bond donors (Lipinski definition) is 0. The first-order chi connectivity index (χ1) is 8.22. The molecular formula is C12H16O5. The van der Waals surface area contributed by atoms with Gasteiger partial charge in [-0.05, 0) is 12.5 Å². The van der Waals surface area contributed by atoms with Gasteiger partial charge in [0.1, 0.15) is 0 Å². The monoisotopic (exact) mass is 240 g/mol. The van der Waals surface area contributed by atoms with E-state index in [2.05, 4.69) is 0 Å². The minimum Gasteiger partial charge on any atom is -0.462 e.